The molecule has 4 nitrogen and oxygen atoms in total. The zero-order chi connectivity index (χ0) is 15.6. The summed E-state index contributed by atoms with van der Waals surface area (Å²) in [5.74, 6) is -0.596. The molecule has 1 unspecified atom stereocenters. The van der Waals surface area contributed by atoms with E-state index in [1.807, 2.05) is 0 Å². The number of rotatable bonds is 3. The van der Waals surface area contributed by atoms with Crippen LogP contribution < -0.4 is 5.32 Å². The fraction of sp³-hybridized carbons (Fsp3) is 0.429. The van der Waals surface area contributed by atoms with Crippen molar-refractivity contribution in [1.29, 1.82) is 0 Å². The molecule has 0 aromatic heterocycles. The van der Waals surface area contributed by atoms with Crippen LogP contribution in [0.4, 0.5) is 9.18 Å². The molecule has 1 rings (SSSR count). The number of nitrogens with one attached hydrogen (secondary N) is 1. The number of amides is 1. The van der Waals surface area contributed by atoms with Crippen molar-refractivity contribution < 1.29 is 18.7 Å². The third-order valence-electron chi connectivity index (χ3n) is 2.52. The maximum absolute atomic E-state index is 13.1. The van der Waals surface area contributed by atoms with E-state index in [1.54, 1.807) is 20.8 Å². The van der Waals surface area contributed by atoms with Gasteiger partial charge in [-0.1, -0.05) is 17.7 Å². The van der Waals surface area contributed by atoms with Gasteiger partial charge in [-0.05, 0) is 45.4 Å². The molecule has 0 radical (unpaired) electrons. The summed E-state index contributed by atoms with van der Waals surface area (Å²) in [6.07, 6.45) is -0.201. The first kappa shape index (κ1) is 16.4. The van der Waals surface area contributed by atoms with Crippen LogP contribution in [0.2, 0.25) is 5.02 Å². The Hall–Kier alpha value is -1.62. The molecule has 0 aliphatic rings. The Balaban J connectivity index is 2.99. The molecule has 1 amide bonds. The van der Waals surface area contributed by atoms with Gasteiger partial charge in [-0.3, -0.25) is 0 Å². The highest BCUT2D eigenvalue weighted by atomic mass is 35.5. The van der Waals surface area contributed by atoms with E-state index in [0.29, 0.717) is 11.8 Å². The Morgan fingerprint density at radius 3 is 2.40 bits per heavy atom. The van der Waals surface area contributed by atoms with Crippen LogP contribution in [0.3, 0.4) is 0 Å². The topological polar surface area (TPSA) is 55.4 Å². The van der Waals surface area contributed by atoms with Crippen molar-refractivity contribution in [3.8, 4) is 0 Å². The van der Waals surface area contributed by atoms with Crippen molar-refractivity contribution >= 4 is 24.0 Å². The first-order chi connectivity index (χ1) is 9.07. The Kier molecular flexibility index (Phi) is 4.76. The predicted octanol–water partition coefficient (Wildman–Crippen LogP) is 3.42. The zero-order valence-electron chi connectivity index (χ0n) is 11.8. The Labute approximate surface area is 122 Å². The van der Waals surface area contributed by atoms with Gasteiger partial charge in [-0.25, -0.2) is 9.18 Å². The fourth-order valence-electron chi connectivity index (χ4n) is 1.50. The van der Waals surface area contributed by atoms with Gasteiger partial charge in [0.05, 0.1) is 5.02 Å². The number of halogens is 2. The van der Waals surface area contributed by atoms with E-state index in [0.717, 1.165) is 6.07 Å². The zero-order valence-corrected chi connectivity index (χ0v) is 12.5. The first-order valence-electron chi connectivity index (χ1n) is 6.00. The van der Waals surface area contributed by atoms with Crippen LogP contribution in [0.5, 0.6) is 0 Å². The SMILES string of the molecule is CC(C)(C)OC(=O)NC(C)(C=O)c1ccc(F)c(Cl)c1. The lowest BCUT2D eigenvalue weighted by Crippen LogP contribution is -2.46. The standard InChI is InChI=1S/C14H17ClFNO3/c1-13(2,3)20-12(19)17-14(4,8-18)9-5-6-11(16)10(15)7-9/h5-8H,1-4H3,(H,17,19). The maximum Gasteiger partial charge on any atom is 0.408 e. The molecular weight excluding hydrogens is 285 g/mol. The minimum Gasteiger partial charge on any atom is -0.444 e. The molecule has 6 heteroatoms. The molecule has 0 aliphatic carbocycles. The highest BCUT2D eigenvalue weighted by molar-refractivity contribution is 6.30. The number of ether oxygens (including phenoxy) is 1. The summed E-state index contributed by atoms with van der Waals surface area (Å²) in [5, 5.41) is 2.33. The Morgan fingerprint density at radius 1 is 1.35 bits per heavy atom. The second kappa shape index (κ2) is 5.79. The molecule has 1 aromatic carbocycles. The van der Waals surface area contributed by atoms with Gasteiger partial charge in [0.1, 0.15) is 23.2 Å². The average molecular weight is 302 g/mol. The molecule has 110 valence electrons. The summed E-state index contributed by atoms with van der Waals surface area (Å²) in [6, 6.07) is 3.81. The minimum atomic E-state index is -1.35. The second-order valence-electron chi connectivity index (χ2n) is 5.58. The molecule has 0 fully saturated rings. The summed E-state index contributed by atoms with van der Waals surface area (Å²) >= 11 is 5.68. The molecule has 0 saturated carbocycles. The van der Waals surface area contributed by atoms with Gasteiger partial charge in [0, 0.05) is 0 Å². The van der Waals surface area contributed by atoms with Crippen LogP contribution in [0, 0.1) is 5.82 Å². The monoisotopic (exact) mass is 301 g/mol. The van der Waals surface area contributed by atoms with Crippen LogP contribution in [0.25, 0.3) is 0 Å². The van der Waals surface area contributed by atoms with Gasteiger partial charge in [-0.15, -0.1) is 0 Å². The molecule has 0 aliphatic heterocycles. The van der Waals surface area contributed by atoms with E-state index in [4.69, 9.17) is 16.3 Å². The van der Waals surface area contributed by atoms with Crippen molar-refractivity contribution in [1.82, 2.24) is 5.32 Å². The molecule has 1 aromatic rings. The molecule has 0 heterocycles. The molecule has 0 spiro atoms. The normalized spacial score (nSPS) is 14.3. The quantitative estimate of drug-likeness (QED) is 0.870. The van der Waals surface area contributed by atoms with E-state index in [9.17, 15) is 14.0 Å². The van der Waals surface area contributed by atoms with Crippen LogP contribution >= 0.6 is 11.6 Å². The second-order valence-corrected chi connectivity index (χ2v) is 5.98. The summed E-state index contributed by atoms with van der Waals surface area (Å²) in [5.41, 5.74) is -1.67. The Morgan fingerprint density at radius 2 is 1.95 bits per heavy atom. The van der Waals surface area contributed by atoms with E-state index in [-0.39, 0.29) is 5.02 Å². The Bertz CT molecular complexity index is 528. The number of benzene rings is 1. The molecule has 0 saturated heterocycles. The van der Waals surface area contributed by atoms with E-state index in [2.05, 4.69) is 5.32 Å². The van der Waals surface area contributed by atoms with Crippen molar-refractivity contribution in [2.24, 2.45) is 0 Å². The fourth-order valence-corrected chi connectivity index (χ4v) is 1.69. The molecular formula is C14H17ClFNO3. The number of aldehydes is 1. The van der Waals surface area contributed by atoms with Gasteiger partial charge < -0.3 is 14.8 Å². The summed E-state index contributed by atoms with van der Waals surface area (Å²) in [6.45, 7) is 6.60. The lowest BCUT2D eigenvalue weighted by Gasteiger charge is -2.28. The average Bonchev–Trinajstić information content (AvgIpc) is 2.29. The van der Waals surface area contributed by atoms with Gasteiger partial charge in [-0.2, -0.15) is 0 Å². The number of hydrogen-bond acceptors (Lipinski definition) is 3. The lowest BCUT2D eigenvalue weighted by molar-refractivity contribution is -0.113. The van der Waals surface area contributed by atoms with Crippen LogP contribution in [-0.4, -0.2) is 18.0 Å². The number of alkyl carbamates (subject to hydrolysis) is 1. The van der Waals surface area contributed by atoms with Gasteiger partial charge in [0.15, 0.2) is 0 Å². The van der Waals surface area contributed by atoms with Crippen molar-refractivity contribution in [3.63, 3.8) is 0 Å². The van der Waals surface area contributed by atoms with E-state index < -0.39 is 23.1 Å². The van der Waals surface area contributed by atoms with Crippen LogP contribution in [-0.2, 0) is 15.1 Å². The molecule has 20 heavy (non-hydrogen) atoms. The number of carbonyl (C=O) groups excluding carboxylic acids is 2. The highest BCUT2D eigenvalue weighted by Gasteiger charge is 2.31. The smallest absolute Gasteiger partial charge is 0.408 e. The van der Waals surface area contributed by atoms with Crippen molar-refractivity contribution in [2.75, 3.05) is 0 Å². The van der Waals surface area contributed by atoms with Crippen molar-refractivity contribution in [3.05, 3.63) is 34.6 Å². The first-order valence-corrected chi connectivity index (χ1v) is 6.38. The van der Waals surface area contributed by atoms with Crippen LogP contribution in [0.15, 0.2) is 18.2 Å². The largest absolute Gasteiger partial charge is 0.444 e. The van der Waals surface area contributed by atoms with Crippen LogP contribution in [0.1, 0.15) is 33.3 Å². The van der Waals surface area contributed by atoms with Gasteiger partial charge in [0.2, 0.25) is 0 Å². The summed E-state index contributed by atoms with van der Waals surface area (Å²) < 4.78 is 18.2. The summed E-state index contributed by atoms with van der Waals surface area (Å²) in [7, 11) is 0. The molecule has 0 bridgehead atoms. The predicted molar refractivity (Wildman–Crippen MR) is 74.2 cm³/mol. The highest BCUT2D eigenvalue weighted by Crippen LogP contribution is 2.24. The minimum absolute atomic E-state index is 0.124. The molecule has 1 N–H and O–H groups in total. The third kappa shape index (κ3) is 4.20. The van der Waals surface area contributed by atoms with Gasteiger partial charge >= 0.3 is 6.09 Å². The van der Waals surface area contributed by atoms with E-state index in [1.165, 1.54) is 19.1 Å². The van der Waals surface area contributed by atoms with Gasteiger partial charge in [0.25, 0.3) is 0 Å². The summed E-state index contributed by atoms with van der Waals surface area (Å²) in [4.78, 5) is 23.1. The number of carbonyl (C=O) groups is 2. The molecule has 1 atom stereocenters. The maximum atomic E-state index is 13.1. The number of hydrogen-bond donors (Lipinski definition) is 1. The van der Waals surface area contributed by atoms with E-state index >= 15 is 0 Å². The third-order valence-corrected chi connectivity index (χ3v) is 2.81. The lowest BCUT2D eigenvalue weighted by atomic mass is 9.94. The van der Waals surface area contributed by atoms with Crippen molar-refractivity contribution in [2.45, 2.75) is 38.8 Å².